The molecule has 1 amide bonds. The van der Waals surface area contributed by atoms with E-state index in [1.54, 1.807) is 4.57 Å². The Morgan fingerprint density at radius 1 is 1.65 bits per heavy atom. The second-order valence-electron chi connectivity index (χ2n) is 4.95. The van der Waals surface area contributed by atoms with Gasteiger partial charge in [0.05, 0.1) is 0 Å². The maximum atomic E-state index is 12.1. The summed E-state index contributed by atoms with van der Waals surface area (Å²) in [7, 11) is 0. The molecule has 1 aromatic heterocycles. The number of thioether (sulfide) groups is 1. The maximum absolute atomic E-state index is 12.1. The molecule has 2 heterocycles. The van der Waals surface area contributed by atoms with Crippen molar-refractivity contribution in [2.75, 3.05) is 18.9 Å². The largest absolute Gasteiger partial charge is 0.396 e. The van der Waals surface area contributed by atoms with Crippen LogP contribution in [-0.2, 0) is 6.54 Å². The molecule has 1 aliphatic heterocycles. The third-order valence-corrected chi connectivity index (χ3v) is 4.24. The number of aromatic nitrogens is 2. The fraction of sp³-hybridized carbons (Fsp3) is 0.615. The van der Waals surface area contributed by atoms with Crippen molar-refractivity contribution in [2.24, 2.45) is 5.92 Å². The Labute approximate surface area is 121 Å². The second kappa shape index (κ2) is 6.90. The van der Waals surface area contributed by atoms with Crippen molar-refractivity contribution in [2.45, 2.75) is 31.5 Å². The van der Waals surface area contributed by atoms with Crippen molar-refractivity contribution in [3.05, 3.63) is 22.1 Å². The van der Waals surface area contributed by atoms with Crippen LogP contribution in [0.25, 0.3) is 0 Å². The van der Waals surface area contributed by atoms with Gasteiger partial charge in [0.25, 0.3) is 11.5 Å². The van der Waals surface area contributed by atoms with E-state index in [2.05, 4.69) is 10.3 Å². The Morgan fingerprint density at radius 2 is 2.45 bits per heavy atom. The smallest absolute Gasteiger partial charge is 0.267 e. The van der Waals surface area contributed by atoms with Gasteiger partial charge in [-0.2, -0.15) is 0 Å². The number of rotatable bonds is 6. The molecule has 110 valence electrons. The van der Waals surface area contributed by atoms with Crippen molar-refractivity contribution >= 4 is 17.7 Å². The van der Waals surface area contributed by atoms with Gasteiger partial charge in [-0.1, -0.05) is 18.7 Å². The van der Waals surface area contributed by atoms with E-state index < -0.39 is 0 Å². The molecule has 0 saturated heterocycles. The van der Waals surface area contributed by atoms with Crippen LogP contribution in [0.5, 0.6) is 0 Å². The quantitative estimate of drug-likeness (QED) is 0.589. The van der Waals surface area contributed by atoms with Gasteiger partial charge in [0.2, 0.25) is 0 Å². The number of fused-ring (bicyclic) bond motifs is 1. The Kier molecular flexibility index (Phi) is 5.19. The lowest BCUT2D eigenvalue weighted by Gasteiger charge is -2.09. The highest BCUT2D eigenvalue weighted by Crippen LogP contribution is 2.20. The molecule has 2 rings (SSSR count). The molecule has 0 spiro atoms. The van der Waals surface area contributed by atoms with E-state index in [4.69, 9.17) is 5.11 Å². The predicted molar refractivity (Wildman–Crippen MR) is 77.0 cm³/mol. The Bertz CT molecular complexity index is 544. The number of hydrogen-bond donors (Lipinski definition) is 2. The van der Waals surface area contributed by atoms with Crippen LogP contribution in [0.2, 0.25) is 0 Å². The third-order valence-electron chi connectivity index (χ3n) is 3.27. The van der Waals surface area contributed by atoms with Gasteiger partial charge in [-0.3, -0.25) is 14.2 Å². The summed E-state index contributed by atoms with van der Waals surface area (Å²) in [5, 5.41) is 12.3. The summed E-state index contributed by atoms with van der Waals surface area (Å²) in [6.07, 6.45) is 2.98. The van der Waals surface area contributed by atoms with Crippen molar-refractivity contribution < 1.29 is 9.90 Å². The maximum Gasteiger partial charge on any atom is 0.267 e. The monoisotopic (exact) mass is 297 g/mol. The van der Waals surface area contributed by atoms with Gasteiger partial charge in [-0.25, -0.2) is 4.98 Å². The number of amides is 1. The second-order valence-corrected chi connectivity index (χ2v) is 6.01. The van der Waals surface area contributed by atoms with Crippen LogP contribution in [-0.4, -0.2) is 39.5 Å². The molecule has 7 heteroatoms. The zero-order valence-electron chi connectivity index (χ0n) is 11.5. The van der Waals surface area contributed by atoms with E-state index in [-0.39, 0.29) is 29.6 Å². The number of hydrogen-bond acceptors (Lipinski definition) is 5. The molecule has 1 unspecified atom stereocenters. The molecule has 0 aromatic carbocycles. The SMILES string of the molecule is CC(CO)CCCNC(=O)c1cnc2n(c1=O)CCS2. The zero-order valence-corrected chi connectivity index (χ0v) is 12.3. The number of nitrogens with zero attached hydrogens (tertiary/aromatic N) is 2. The Morgan fingerprint density at radius 3 is 3.20 bits per heavy atom. The van der Waals surface area contributed by atoms with Crippen LogP contribution >= 0.6 is 11.8 Å². The highest BCUT2D eigenvalue weighted by Gasteiger charge is 2.19. The van der Waals surface area contributed by atoms with E-state index in [9.17, 15) is 9.59 Å². The summed E-state index contributed by atoms with van der Waals surface area (Å²) in [6.45, 7) is 3.22. The average molecular weight is 297 g/mol. The summed E-state index contributed by atoms with van der Waals surface area (Å²) in [5.41, 5.74) is -0.160. The summed E-state index contributed by atoms with van der Waals surface area (Å²) in [4.78, 5) is 28.2. The van der Waals surface area contributed by atoms with E-state index in [1.807, 2.05) is 6.92 Å². The van der Waals surface area contributed by atoms with Crippen LogP contribution in [0, 0.1) is 5.92 Å². The lowest BCUT2D eigenvalue weighted by atomic mass is 10.1. The fourth-order valence-electron chi connectivity index (χ4n) is 2.01. The zero-order chi connectivity index (χ0) is 14.5. The summed E-state index contributed by atoms with van der Waals surface area (Å²) < 4.78 is 1.55. The minimum absolute atomic E-state index is 0.103. The summed E-state index contributed by atoms with van der Waals surface area (Å²) in [6, 6.07) is 0. The minimum atomic E-state index is -0.369. The van der Waals surface area contributed by atoms with Gasteiger partial charge >= 0.3 is 0 Å². The standard InChI is InChI=1S/C13H19N3O3S/c1-9(8-17)3-2-4-14-11(18)10-7-15-13-16(12(10)19)5-6-20-13/h7,9,17H,2-6,8H2,1H3,(H,14,18). The molecule has 0 radical (unpaired) electrons. The number of nitrogens with one attached hydrogen (secondary N) is 1. The van der Waals surface area contributed by atoms with Gasteiger partial charge in [0.15, 0.2) is 5.16 Å². The topological polar surface area (TPSA) is 84.2 Å². The molecule has 1 aliphatic rings. The molecule has 20 heavy (non-hydrogen) atoms. The molecule has 2 N–H and O–H groups in total. The molecule has 6 nitrogen and oxygen atoms in total. The van der Waals surface area contributed by atoms with E-state index in [0.29, 0.717) is 18.2 Å². The molecule has 0 saturated carbocycles. The van der Waals surface area contributed by atoms with Crippen LogP contribution in [0.4, 0.5) is 0 Å². The first-order valence-corrected chi connectivity index (χ1v) is 7.73. The first-order chi connectivity index (χ1) is 9.63. The van der Waals surface area contributed by atoms with Crippen LogP contribution < -0.4 is 10.9 Å². The normalized spacial score (nSPS) is 14.9. The number of aliphatic hydroxyl groups excluding tert-OH is 1. The van der Waals surface area contributed by atoms with Crippen molar-refractivity contribution in [3.63, 3.8) is 0 Å². The highest BCUT2D eigenvalue weighted by atomic mass is 32.2. The molecule has 0 bridgehead atoms. The first-order valence-electron chi connectivity index (χ1n) is 6.75. The van der Waals surface area contributed by atoms with Gasteiger partial charge in [0.1, 0.15) is 5.56 Å². The minimum Gasteiger partial charge on any atom is -0.396 e. The van der Waals surface area contributed by atoms with Crippen molar-refractivity contribution in [1.29, 1.82) is 0 Å². The van der Waals surface area contributed by atoms with Gasteiger partial charge in [-0.15, -0.1) is 0 Å². The van der Waals surface area contributed by atoms with Crippen LogP contribution in [0.1, 0.15) is 30.1 Å². The lowest BCUT2D eigenvalue weighted by molar-refractivity contribution is 0.0949. The highest BCUT2D eigenvalue weighted by molar-refractivity contribution is 7.99. The number of aliphatic hydroxyl groups is 1. The molecular formula is C13H19N3O3S. The average Bonchev–Trinajstić information content (AvgIpc) is 2.92. The number of carbonyl (C=O) groups is 1. The molecule has 0 aliphatic carbocycles. The predicted octanol–water partition coefficient (Wildman–Crippen LogP) is 0.487. The van der Waals surface area contributed by atoms with E-state index in [0.717, 1.165) is 18.6 Å². The third kappa shape index (κ3) is 3.40. The van der Waals surface area contributed by atoms with Crippen molar-refractivity contribution in [3.8, 4) is 0 Å². The summed E-state index contributed by atoms with van der Waals surface area (Å²) in [5.74, 6) is 0.689. The van der Waals surface area contributed by atoms with E-state index in [1.165, 1.54) is 18.0 Å². The van der Waals surface area contributed by atoms with Gasteiger partial charge in [-0.05, 0) is 18.8 Å². The lowest BCUT2D eigenvalue weighted by Crippen LogP contribution is -2.34. The first kappa shape index (κ1) is 15.1. The number of carbonyl (C=O) groups excluding carboxylic acids is 1. The Balaban J connectivity index is 1.92. The van der Waals surface area contributed by atoms with Crippen LogP contribution in [0.15, 0.2) is 16.1 Å². The summed E-state index contributed by atoms with van der Waals surface area (Å²) >= 11 is 1.53. The van der Waals surface area contributed by atoms with E-state index >= 15 is 0 Å². The van der Waals surface area contributed by atoms with Crippen LogP contribution in [0.3, 0.4) is 0 Å². The Hall–Kier alpha value is -1.34. The van der Waals surface area contributed by atoms with Gasteiger partial charge in [0, 0.05) is 31.6 Å². The van der Waals surface area contributed by atoms with Gasteiger partial charge < -0.3 is 10.4 Å². The molecule has 0 fully saturated rings. The molecular weight excluding hydrogens is 278 g/mol. The fourth-order valence-corrected chi connectivity index (χ4v) is 2.93. The molecule has 1 atom stereocenters. The van der Waals surface area contributed by atoms with Crippen molar-refractivity contribution in [1.82, 2.24) is 14.9 Å². The molecule has 1 aromatic rings.